The van der Waals surface area contributed by atoms with Crippen molar-refractivity contribution in [1.29, 1.82) is 0 Å². The molecule has 5 nitrogen and oxygen atoms in total. The van der Waals surface area contributed by atoms with Crippen LogP contribution in [0.2, 0.25) is 0 Å². The van der Waals surface area contributed by atoms with Crippen molar-refractivity contribution in [2.24, 2.45) is 5.14 Å². The highest BCUT2D eigenvalue weighted by molar-refractivity contribution is 7.89. The van der Waals surface area contributed by atoms with E-state index in [1.165, 1.54) is 19.9 Å². The monoisotopic (exact) mass is 397 g/mol. The minimum absolute atomic E-state index is 0.0162. The minimum Gasteiger partial charge on any atom is -0.478 e. The summed E-state index contributed by atoms with van der Waals surface area (Å²) in [6.45, 7) is 2.85. The molecule has 27 heavy (non-hydrogen) atoms. The normalized spacial score (nSPS) is 16.6. The lowest BCUT2D eigenvalue weighted by Gasteiger charge is -2.18. The highest BCUT2D eigenvalue weighted by Crippen LogP contribution is 2.42. The number of carbonyl (C=O) groups excluding carboxylic acids is 1. The Kier molecular flexibility index (Phi) is 4.40. The molecule has 142 valence electrons. The van der Waals surface area contributed by atoms with Crippen LogP contribution < -0.4 is 5.14 Å². The van der Waals surface area contributed by atoms with Gasteiger partial charge in [0.15, 0.2) is 5.60 Å². The van der Waals surface area contributed by atoms with Crippen molar-refractivity contribution in [1.82, 2.24) is 0 Å². The van der Waals surface area contributed by atoms with Crippen LogP contribution in [0.5, 0.6) is 0 Å². The first kappa shape index (κ1) is 19.1. The van der Waals surface area contributed by atoms with Gasteiger partial charge in [-0.25, -0.2) is 26.7 Å². The predicted octanol–water partition coefficient (Wildman–Crippen LogP) is 3.00. The van der Waals surface area contributed by atoms with E-state index in [4.69, 9.17) is 9.88 Å². The molecule has 3 rings (SSSR count). The molecule has 0 saturated heterocycles. The smallest absolute Gasteiger partial charge is 0.240 e. The number of halogens is 3. The summed E-state index contributed by atoms with van der Waals surface area (Å²) in [5, 5.41) is 4.92. The van der Waals surface area contributed by atoms with Gasteiger partial charge in [-0.05, 0) is 50.2 Å². The lowest BCUT2D eigenvalue weighted by molar-refractivity contribution is -0.125. The van der Waals surface area contributed by atoms with E-state index in [-0.39, 0.29) is 22.5 Å². The molecule has 1 aliphatic rings. The third kappa shape index (κ3) is 3.35. The van der Waals surface area contributed by atoms with E-state index in [1.54, 1.807) is 0 Å². The Bertz CT molecular complexity index is 1110. The minimum atomic E-state index is -4.29. The first-order chi connectivity index (χ1) is 12.4. The van der Waals surface area contributed by atoms with Gasteiger partial charge in [-0.1, -0.05) is 0 Å². The molecule has 0 radical (unpaired) electrons. The van der Waals surface area contributed by atoms with Gasteiger partial charge in [-0.2, -0.15) is 0 Å². The lowest BCUT2D eigenvalue weighted by Crippen LogP contribution is -2.29. The molecule has 0 amide bonds. The summed E-state index contributed by atoms with van der Waals surface area (Å²) < 4.78 is 70.4. The highest BCUT2D eigenvalue weighted by Gasteiger charge is 2.43. The van der Waals surface area contributed by atoms with E-state index in [2.05, 4.69) is 0 Å². The molecule has 0 bridgehead atoms. The Labute approximate surface area is 153 Å². The Morgan fingerprint density at radius 2 is 1.67 bits per heavy atom. The van der Waals surface area contributed by atoms with Gasteiger partial charge in [0.25, 0.3) is 0 Å². The second-order valence-corrected chi connectivity index (χ2v) is 7.99. The third-order valence-electron chi connectivity index (χ3n) is 4.06. The van der Waals surface area contributed by atoms with Gasteiger partial charge in [0.1, 0.15) is 28.1 Å². The van der Waals surface area contributed by atoms with Crippen molar-refractivity contribution >= 4 is 27.1 Å². The fourth-order valence-corrected chi connectivity index (χ4v) is 3.35. The molecule has 0 spiro atoms. The molecular formula is C18H14F3NO4S. The first-order valence-corrected chi connectivity index (χ1v) is 9.22. The number of ketones is 1. The molecule has 2 N–H and O–H groups in total. The maximum Gasteiger partial charge on any atom is 0.240 e. The Morgan fingerprint density at radius 1 is 1.00 bits per heavy atom. The van der Waals surface area contributed by atoms with E-state index in [9.17, 15) is 26.4 Å². The van der Waals surface area contributed by atoms with E-state index in [0.29, 0.717) is 0 Å². The fourth-order valence-electron chi connectivity index (χ4n) is 2.77. The lowest BCUT2D eigenvalue weighted by atomic mass is 9.92. The molecule has 2 aromatic carbocycles. The van der Waals surface area contributed by atoms with Crippen molar-refractivity contribution in [3.63, 3.8) is 0 Å². The van der Waals surface area contributed by atoms with Gasteiger partial charge in [0.2, 0.25) is 15.8 Å². The number of rotatable bonds is 3. The number of hydrogen-bond donors (Lipinski definition) is 1. The summed E-state index contributed by atoms with van der Waals surface area (Å²) in [7, 11) is -4.29. The number of sulfonamides is 1. The van der Waals surface area contributed by atoms with E-state index in [0.717, 1.165) is 30.3 Å². The van der Waals surface area contributed by atoms with Crippen LogP contribution in [-0.2, 0) is 19.6 Å². The predicted molar refractivity (Wildman–Crippen MR) is 91.1 cm³/mol. The zero-order chi connectivity index (χ0) is 20.1. The summed E-state index contributed by atoms with van der Waals surface area (Å²) >= 11 is 0. The fraction of sp³-hybridized carbons (Fsp3) is 0.167. The highest BCUT2D eigenvalue weighted by atomic mass is 32.2. The van der Waals surface area contributed by atoms with E-state index >= 15 is 0 Å². The number of benzene rings is 2. The van der Waals surface area contributed by atoms with Gasteiger partial charge < -0.3 is 4.74 Å². The van der Waals surface area contributed by atoms with Crippen molar-refractivity contribution in [2.75, 3.05) is 0 Å². The van der Waals surface area contributed by atoms with E-state index < -0.39 is 43.8 Å². The summed E-state index contributed by atoms with van der Waals surface area (Å²) in [6, 6.07) is 5.47. The molecule has 0 aromatic heterocycles. The number of primary sulfonamides is 1. The van der Waals surface area contributed by atoms with Crippen LogP contribution in [0.1, 0.15) is 25.0 Å². The number of carbonyl (C=O) groups is 1. The Morgan fingerprint density at radius 3 is 2.26 bits per heavy atom. The van der Waals surface area contributed by atoms with Gasteiger partial charge in [0, 0.05) is 11.1 Å². The van der Waals surface area contributed by atoms with Crippen LogP contribution in [0.4, 0.5) is 13.2 Å². The number of Topliss-reactive ketones (excluding diaryl/α,β-unsaturated/α-hetero) is 1. The van der Waals surface area contributed by atoms with Crippen LogP contribution in [0, 0.1) is 17.5 Å². The van der Waals surface area contributed by atoms with Crippen LogP contribution in [0.15, 0.2) is 41.3 Å². The molecule has 0 aliphatic carbocycles. The number of ether oxygens (including phenoxy) is 1. The van der Waals surface area contributed by atoms with Gasteiger partial charge in [0.05, 0.1) is 5.57 Å². The van der Waals surface area contributed by atoms with Gasteiger partial charge in [-0.3, -0.25) is 4.79 Å². The molecule has 2 aromatic rings. The molecule has 1 heterocycles. The van der Waals surface area contributed by atoms with Gasteiger partial charge in [-0.15, -0.1) is 0 Å². The SMILES string of the molecule is CC1(C)OC(c2ccc(S(N)(=O)=O)c(F)c2)=C(c2cc(F)ccc2F)C1=O. The average Bonchev–Trinajstić information content (AvgIpc) is 2.79. The van der Waals surface area contributed by atoms with Crippen LogP contribution in [-0.4, -0.2) is 19.8 Å². The second kappa shape index (κ2) is 6.21. The molecular weight excluding hydrogens is 383 g/mol. The van der Waals surface area contributed by atoms with Crippen molar-refractivity contribution in [2.45, 2.75) is 24.3 Å². The molecule has 0 atom stereocenters. The first-order valence-electron chi connectivity index (χ1n) is 7.68. The Hall–Kier alpha value is -2.65. The maximum atomic E-state index is 14.3. The average molecular weight is 397 g/mol. The zero-order valence-corrected chi connectivity index (χ0v) is 15.0. The van der Waals surface area contributed by atoms with Crippen molar-refractivity contribution in [3.05, 3.63) is 65.0 Å². The van der Waals surface area contributed by atoms with Crippen molar-refractivity contribution < 1.29 is 31.1 Å². The maximum absolute atomic E-state index is 14.3. The molecule has 0 fully saturated rings. The summed E-state index contributed by atoms with van der Waals surface area (Å²) in [4.78, 5) is 12.0. The quantitative estimate of drug-likeness (QED) is 0.863. The molecule has 0 unspecified atom stereocenters. The largest absolute Gasteiger partial charge is 0.478 e. The van der Waals surface area contributed by atoms with Crippen LogP contribution in [0.25, 0.3) is 11.3 Å². The van der Waals surface area contributed by atoms with Crippen LogP contribution >= 0.6 is 0 Å². The zero-order valence-electron chi connectivity index (χ0n) is 14.2. The van der Waals surface area contributed by atoms with Crippen molar-refractivity contribution in [3.8, 4) is 0 Å². The number of nitrogens with two attached hydrogens (primary N) is 1. The Balaban J connectivity index is 2.27. The molecule has 9 heteroatoms. The standard InChI is InChI=1S/C18H14F3NO4S/c1-18(2)17(23)15(11-8-10(19)4-5-12(11)20)16(26-18)9-3-6-14(13(21)7-9)27(22,24)25/h3-8H,1-2H3,(H2,22,24,25). The van der Waals surface area contributed by atoms with Gasteiger partial charge >= 0.3 is 0 Å². The second-order valence-electron chi connectivity index (χ2n) is 6.46. The summed E-state index contributed by atoms with van der Waals surface area (Å²) in [5.74, 6) is -3.61. The van der Waals surface area contributed by atoms with Crippen LogP contribution in [0.3, 0.4) is 0 Å². The molecule has 1 aliphatic heterocycles. The topological polar surface area (TPSA) is 86.5 Å². The van der Waals surface area contributed by atoms with E-state index in [1.807, 2.05) is 0 Å². The molecule has 0 saturated carbocycles. The summed E-state index contributed by atoms with van der Waals surface area (Å²) in [6.07, 6.45) is 0. The number of hydrogen-bond acceptors (Lipinski definition) is 4. The summed E-state index contributed by atoms with van der Waals surface area (Å²) in [5.41, 5.74) is -2.02. The third-order valence-corrected chi connectivity index (χ3v) is 5.00.